The number of amides is 1. The van der Waals surface area contributed by atoms with Gasteiger partial charge in [0.15, 0.2) is 0 Å². The molecular formula is C21H22N2OS. The van der Waals surface area contributed by atoms with Gasteiger partial charge >= 0.3 is 0 Å². The molecule has 2 aromatic carbocycles. The molecule has 1 aromatic heterocycles. The van der Waals surface area contributed by atoms with E-state index >= 15 is 0 Å². The third-order valence-corrected chi connectivity index (χ3v) is 6.38. The molecule has 25 heavy (non-hydrogen) atoms. The molecule has 4 heteroatoms. The summed E-state index contributed by atoms with van der Waals surface area (Å²) in [6.45, 7) is 5.59. The van der Waals surface area contributed by atoms with E-state index < -0.39 is 0 Å². The Hall–Kier alpha value is -2.20. The van der Waals surface area contributed by atoms with Gasteiger partial charge in [0, 0.05) is 47.1 Å². The van der Waals surface area contributed by atoms with E-state index in [1.54, 1.807) is 11.8 Å². The maximum absolute atomic E-state index is 13.3. The summed E-state index contributed by atoms with van der Waals surface area (Å²) in [5.41, 5.74) is 4.76. The lowest BCUT2D eigenvalue weighted by Crippen LogP contribution is -2.34. The van der Waals surface area contributed by atoms with Gasteiger partial charge in [0.2, 0.25) is 5.91 Å². The summed E-state index contributed by atoms with van der Waals surface area (Å²) in [6.07, 6.45) is 0. The van der Waals surface area contributed by atoms with Crippen molar-refractivity contribution in [3.05, 3.63) is 54.1 Å². The molecule has 1 aliphatic heterocycles. The SMILES string of the molecule is CCN(CC)C(=O)C1Sc2ccccc2-c2c1c1ccccc1n2C. The molecular weight excluding hydrogens is 328 g/mol. The molecule has 1 aliphatic rings. The molecule has 0 radical (unpaired) electrons. The fourth-order valence-corrected chi connectivity index (χ4v) is 5.15. The maximum atomic E-state index is 13.3. The number of hydrogen-bond acceptors (Lipinski definition) is 2. The third-order valence-electron chi connectivity index (χ3n) is 5.09. The van der Waals surface area contributed by atoms with Crippen molar-refractivity contribution in [2.45, 2.75) is 24.0 Å². The van der Waals surface area contributed by atoms with E-state index in [1.165, 1.54) is 32.6 Å². The van der Waals surface area contributed by atoms with Crippen LogP contribution in [-0.4, -0.2) is 28.5 Å². The normalized spacial score (nSPS) is 15.7. The number of aromatic nitrogens is 1. The number of rotatable bonds is 3. The van der Waals surface area contributed by atoms with Crippen molar-refractivity contribution in [2.24, 2.45) is 7.05 Å². The van der Waals surface area contributed by atoms with Crippen LogP contribution < -0.4 is 0 Å². The lowest BCUT2D eigenvalue weighted by Gasteiger charge is -2.29. The largest absolute Gasteiger partial charge is 0.343 e. The van der Waals surface area contributed by atoms with E-state index in [-0.39, 0.29) is 11.2 Å². The molecule has 1 atom stereocenters. The summed E-state index contributed by atoms with van der Waals surface area (Å²) in [5, 5.41) is 1.00. The number of fused-ring (bicyclic) bond motifs is 5. The zero-order valence-electron chi connectivity index (χ0n) is 14.8. The van der Waals surface area contributed by atoms with Crippen LogP contribution >= 0.6 is 11.8 Å². The topological polar surface area (TPSA) is 25.2 Å². The molecule has 128 valence electrons. The Morgan fingerprint density at radius 3 is 2.52 bits per heavy atom. The molecule has 0 saturated carbocycles. The number of aryl methyl sites for hydroxylation is 1. The molecule has 1 amide bonds. The number of hydrogen-bond donors (Lipinski definition) is 0. The quantitative estimate of drug-likeness (QED) is 0.674. The van der Waals surface area contributed by atoms with Gasteiger partial charge in [-0.25, -0.2) is 0 Å². The molecule has 1 unspecified atom stereocenters. The van der Waals surface area contributed by atoms with E-state index in [0.29, 0.717) is 0 Å². The smallest absolute Gasteiger partial charge is 0.240 e. The number of carbonyl (C=O) groups is 1. The number of likely N-dealkylation sites (N-methyl/N-ethyl adjacent to an activating group) is 1. The van der Waals surface area contributed by atoms with E-state index in [2.05, 4.69) is 60.1 Å². The highest BCUT2D eigenvalue weighted by Gasteiger charge is 2.36. The van der Waals surface area contributed by atoms with Crippen LogP contribution in [0.15, 0.2) is 53.4 Å². The van der Waals surface area contributed by atoms with Crippen molar-refractivity contribution in [1.82, 2.24) is 9.47 Å². The van der Waals surface area contributed by atoms with Crippen LogP contribution in [0.25, 0.3) is 22.2 Å². The Labute approximate surface area is 152 Å². The van der Waals surface area contributed by atoms with Gasteiger partial charge in [-0.05, 0) is 26.0 Å². The average molecular weight is 350 g/mol. The molecule has 3 nitrogen and oxygen atoms in total. The van der Waals surface area contributed by atoms with Crippen molar-refractivity contribution in [3.63, 3.8) is 0 Å². The van der Waals surface area contributed by atoms with Gasteiger partial charge < -0.3 is 9.47 Å². The van der Waals surface area contributed by atoms with Gasteiger partial charge in [0.05, 0.1) is 5.69 Å². The van der Waals surface area contributed by atoms with Crippen molar-refractivity contribution >= 4 is 28.6 Å². The molecule has 4 rings (SSSR count). The highest BCUT2D eigenvalue weighted by molar-refractivity contribution is 8.00. The van der Waals surface area contributed by atoms with Crippen LogP contribution in [0.2, 0.25) is 0 Å². The second-order valence-electron chi connectivity index (χ2n) is 6.34. The highest BCUT2D eigenvalue weighted by Crippen LogP contribution is 2.52. The zero-order valence-corrected chi connectivity index (χ0v) is 15.6. The molecule has 0 fully saturated rings. The van der Waals surface area contributed by atoms with Crippen LogP contribution in [-0.2, 0) is 11.8 Å². The third kappa shape index (κ3) is 2.39. The van der Waals surface area contributed by atoms with E-state index in [0.717, 1.165) is 13.1 Å². The fourth-order valence-electron chi connectivity index (χ4n) is 3.84. The van der Waals surface area contributed by atoms with Gasteiger partial charge in [-0.3, -0.25) is 4.79 Å². The van der Waals surface area contributed by atoms with Gasteiger partial charge in [-0.15, -0.1) is 11.8 Å². The molecule has 0 saturated heterocycles. The number of nitrogens with zero attached hydrogens (tertiary/aromatic N) is 2. The van der Waals surface area contributed by atoms with Crippen LogP contribution in [0.3, 0.4) is 0 Å². The summed E-state index contributed by atoms with van der Waals surface area (Å²) in [7, 11) is 2.10. The zero-order chi connectivity index (χ0) is 17.6. The van der Waals surface area contributed by atoms with E-state index in [1.807, 2.05) is 18.7 Å². The predicted molar refractivity (Wildman–Crippen MR) is 105 cm³/mol. The molecule has 0 bridgehead atoms. The van der Waals surface area contributed by atoms with Crippen molar-refractivity contribution in [2.75, 3.05) is 13.1 Å². The lowest BCUT2D eigenvalue weighted by atomic mass is 10.0. The fraction of sp³-hybridized carbons (Fsp3) is 0.286. The second kappa shape index (κ2) is 6.26. The van der Waals surface area contributed by atoms with Gasteiger partial charge in [-0.2, -0.15) is 0 Å². The Morgan fingerprint density at radius 2 is 1.76 bits per heavy atom. The number of benzene rings is 2. The summed E-state index contributed by atoms with van der Waals surface area (Å²) in [4.78, 5) is 16.4. The first-order chi connectivity index (χ1) is 12.2. The second-order valence-corrected chi connectivity index (χ2v) is 7.49. The average Bonchev–Trinajstić information content (AvgIpc) is 2.96. The first-order valence-corrected chi connectivity index (χ1v) is 9.67. The van der Waals surface area contributed by atoms with Gasteiger partial charge in [0.1, 0.15) is 5.25 Å². The van der Waals surface area contributed by atoms with Gasteiger partial charge in [0.25, 0.3) is 0 Å². The molecule has 0 spiro atoms. The summed E-state index contributed by atoms with van der Waals surface area (Å²) < 4.78 is 2.24. The standard InChI is InChI=1S/C21H22N2OS/c1-4-23(5-2)21(24)20-18-14-10-6-8-12-16(14)22(3)19(18)15-11-7-9-13-17(15)25-20/h6-13,20H,4-5H2,1-3H3. The van der Waals surface area contributed by atoms with E-state index in [4.69, 9.17) is 0 Å². The maximum Gasteiger partial charge on any atom is 0.240 e. The first-order valence-electron chi connectivity index (χ1n) is 8.79. The molecule has 0 N–H and O–H groups in total. The van der Waals surface area contributed by atoms with Crippen molar-refractivity contribution in [3.8, 4) is 11.3 Å². The summed E-state index contributed by atoms with van der Waals surface area (Å²) in [5.74, 6) is 0.210. The molecule has 0 aliphatic carbocycles. The minimum absolute atomic E-state index is 0.184. The van der Waals surface area contributed by atoms with E-state index in [9.17, 15) is 4.79 Å². The van der Waals surface area contributed by atoms with Crippen LogP contribution in [0, 0.1) is 0 Å². The van der Waals surface area contributed by atoms with Crippen LogP contribution in [0.4, 0.5) is 0 Å². The summed E-state index contributed by atoms with van der Waals surface area (Å²) >= 11 is 1.69. The minimum Gasteiger partial charge on any atom is -0.343 e. The number of para-hydroxylation sites is 1. The first kappa shape index (κ1) is 16.3. The van der Waals surface area contributed by atoms with Crippen LogP contribution in [0.1, 0.15) is 24.7 Å². The number of carbonyl (C=O) groups excluding carboxylic acids is 1. The Bertz CT molecular complexity index is 956. The van der Waals surface area contributed by atoms with Gasteiger partial charge in [-0.1, -0.05) is 36.4 Å². The molecule has 3 aromatic rings. The Kier molecular flexibility index (Phi) is 4.08. The lowest BCUT2D eigenvalue weighted by molar-refractivity contribution is -0.130. The Morgan fingerprint density at radius 1 is 1.08 bits per heavy atom. The Balaban J connectivity index is 2.00. The molecule has 2 heterocycles. The van der Waals surface area contributed by atoms with Crippen molar-refractivity contribution < 1.29 is 4.79 Å². The monoisotopic (exact) mass is 350 g/mol. The van der Waals surface area contributed by atoms with Crippen molar-refractivity contribution in [1.29, 1.82) is 0 Å². The number of thioether (sulfide) groups is 1. The summed E-state index contributed by atoms with van der Waals surface area (Å²) in [6, 6.07) is 16.8. The predicted octanol–water partition coefficient (Wildman–Crippen LogP) is 4.86. The highest BCUT2D eigenvalue weighted by atomic mass is 32.2. The van der Waals surface area contributed by atoms with Crippen LogP contribution in [0.5, 0.6) is 0 Å². The minimum atomic E-state index is -0.184.